The van der Waals surface area contributed by atoms with E-state index in [1.54, 1.807) is 4.68 Å². The summed E-state index contributed by atoms with van der Waals surface area (Å²) in [6.45, 7) is 5.97. The highest BCUT2D eigenvalue weighted by Crippen LogP contribution is 2.18. The maximum Gasteiger partial charge on any atom is 0.162 e. The molecule has 0 fully saturated rings. The second-order valence-corrected chi connectivity index (χ2v) is 4.23. The van der Waals surface area contributed by atoms with Crippen LogP contribution in [0.25, 0.3) is 5.82 Å². The maximum atomic E-state index is 5.50. The van der Waals surface area contributed by atoms with E-state index < -0.39 is 0 Å². The Balaban J connectivity index is 2.54. The van der Waals surface area contributed by atoms with E-state index in [-0.39, 0.29) is 0 Å². The molecule has 0 aromatic carbocycles. The van der Waals surface area contributed by atoms with E-state index in [1.165, 1.54) is 0 Å². The zero-order valence-electron chi connectivity index (χ0n) is 10.9. The lowest BCUT2D eigenvalue weighted by molar-refractivity contribution is 0.772. The molecule has 6 heteroatoms. The first-order valence-electron chi connectivity index (χ1n) is 6.02. The van der Waals surface area contributed by atoms with Gasteiger partial charge in [0, 0.05) is 18.2 Å². The average molecular weight is 246 g/mol. The minimum atomic E-state index is 0.650. The Kier molecular flexibility index (Phi) is 3.57. The molecule has 0 bridgehead atoms. The smallest absolute Gasteiger partial charge is 0.162 e. The van der Waals surface area contributed by atoms with Crippen LogP contribution in [0.5, 0.6) is 0 Å². The van der Waals surface area contributed by atoms with E-state index in [1.807, 2.05) is 26.1 Å². The van der Waals surface area contributed by atoms with E-state index in [9.17, 15) is 0 Å². The minimum absolute atomic E-state index is 0.650. The molecule has 0 atom stereocenters. The number of anilines is 1. The number of nitrogens with one attached hydrogen (secondary N) is 1. The van der Waals surface area contributed by atoms with E-state index in [0.29, 0.717) is 5.82 Å². The van der Waals surface area contributed by atoms with Crippen molar-refractivity contribution >= 4 is 5.82 Å². The van der Waals surface area contributed by atoms with Crippen LogP contribution in [0.2, 0.25) is 0 Å². The molecule has 0 amide bonds. The zero-order chi connectivity index (χ0) is 13.1. The highest BCUT2D eigenvalue weighted by molar-refractivity contribution is 5.50. The highest BCUT2D eigenvalue weighted by Gasteiger charge is 2.12. The van der Waals surface area contributed by atoms with Gasteiger partial charge >= 0.3 is 0 Å². The van der Waals surface area contributed by atoms with Gasteiger partial charge in [-0.15, -0.1) is 0 Å². The van der Waals surface area contributed by atoms with Crippen molar-refractivity contribution in [2.24, 2.45) is 5.84 Å². The van der Waals surface area contributed by atoms with E-state index in [4.69, 9.17) is 5.84 Å². The number of hydrogen-bond donors (Lipinski definition) is 2. The third-order valence-electron chi connectivity index (χ3n) is 2.72. The van der Waals surface area contributed by atoms with Crippen molar-refractivity contribution in [3.05, 3.63) is 29.3 Å². The molecule has 0 unspecified atom stereocenters. The van der Waals surface area contributed by atoms with E-state index >= 15 is 0 Å². The lowest BCUT2D eigenvalue weighted by Gasteiger charge is -2.11. The van der Waals surface area contributed by atoms with Gasteiger partial charge in [0.25, 0.3) is 0 Å². The van der Waals surface area contributed by atoms with Gasteiger partial charge in [-0.25, -0.2) is 20.5 Å². The van der Waals surface area contributed by atoms with Gasteiger partial charge in [0.1, 0.15) is 11.6 Å². The first-order valence-corrected chi connectivity index (χ1v) is 6.02. The number of hydrazine groups is 1. The van der Waals surface area contributed by atoms with Crippen molar-refractivity contribution in [3.63, 3.8) is 0 Å². The average Bonchev–Trinajstić information content (AvgIpc) is 2.78. The van der Waals surface area contributed by atoms with Crippen LogP contribution in [0.15, 0.2) is 12.3 Å². The number of nitrogens with two attached hydrogens (primary N) is 1. The molecule has 3 N–H and O–H groups in total. The SMILES string of the molecule is CCCc1nc(NN)c(C)c(-n2ccc(C)n2)n1. The molecule has 0 aliphatic rings. The number of aromatic nitrogens is 4. The quantitative estimate of drug-likeness (QED) is 0.631. The Hall–Kier alpha value is -1.95. The Morgan fingerprint density at radius 1 is 1.33 bits per heavy atom. The molecule has 2 heterocycles. The third kappa shape index (κ3) is 2.33. The lowest BCUT2D eigenvalue weighted by Crippen LogP contribution is -2.15. The van der Waals surface area contributed by atoms with Gasteiger partial charge in [-0.1, -0.05) is 6.92 Å². The molecule has 96 valence electrons. The standard InChI is InChI=1S/C12H18N6/c1-4-5-10-14-11(16-13)9(3)12(15-10)18-7-6-8(2)17-18/h6-7H,4-5,13H2,1-3H3,(H,14,15,16). The van der Waals surface area contributed by atoms with Gasteiger partial charge < -0.3 is 5.43 Å². The van der Waals surface area contributed by atoms with Crippen molar-refractivity contribution in [1.29, 1.82) is 0 Å². The van der Waals surface area contributed by atoms with Gasteiger partial charge in [-0.2, -0.15) is 5.10 Å². The fourth-order valence-corrected chi connectivity index (χ4v) is 1.78. The molecule has 0 aliphatic heterocycles. The zero-order valence-corrected chi connectivity index (χ0v) is 10.9. The van der Waals surface area contributed by atoms with Crippen LogP contribution >= 0.6 is 0 Å². The molecule has 0 spiro atoms. The van der Waals surface area contributed by atoms with Crippen LogP contribution in [0.3, 0.4) is 0 Å². The molecule has 0 saturated carbocycles. The van der Waals surface area contributed by atoms with Crippen LogP contribution in [0.4, 0.5) is 5.82 Å². The number of nitrogens with zero attached hydrogens (tertiary/aromatic N) is 4. The first-order chi connectivity index (χ1) is 8.65. The molecule has 0 aliphatic carbocycles. The Morgan fingerprint density at radius 3 is 2.67 bits per heavy atom. The maximum absolute atomic E-state index is 5.50. The Labute approximate surface area is 106 Å². The van der Waals surface area contributed by atoms with Gasteiger partial charge in [0.15, 0.2) is 5.82 Å². The summed E-state index contributed by atoms with van der Waals surface area (Å²) in [5.74, 6) is 7.70. The summed E-state index contributed by atoms with van der Waals surface area (Å²) in [5, 5.41) is 4.38. The van der Waals surface area contributed by atoms with Crippen molar-refractivity contribution in [2.45, 2.75) is 33.6 Å². The molecule has 2 aromatic heterocycles. The monoisotopic (exact) mass is 246 g/mol. The van der Waals surface area contributed by atoms with Crippen LogP contribution in [-0.2, 0) is 6.42 Å². The third-order valence-corrected chi connectivity index (χ3v) is 2.72. The molecule has 2 rings (SSSR count). The summed E-state index contributed by atoms with van der Waals surface area (Å²) in [4.78, 5) is 8.93. The van der Waals surface area contributed by atoms with Crippen molar-refractivity contribution in [1.82, 2.24) is 19.7 Å². The van der Waals surface area contributed by atoms with Crippen molar-refractivity contribution in [2.75, 3.05) is 5.43 Å². The topological polar surface area (TPSA) is 81.6 Å². The molecule has 0 saturated heterocycles. The summed E-state index contributed by atoms with van der Waals surface area (Å²) in [7, 11) is 0. The van der Waals surface area contributed by atoms with Crippen molar-refractivity contribution < 1.29 is 0 Å². The van der Waals surface area contributed by atoms with E-state index in [0.717, 1.165) is 35.7 Å². The summed E-state index contributed by atoms with van der Waals surface area (Å²) in [5.41, 5.74) is 4.46. The minimum Gasteiger partial charge on any atom is -0.308 e. The van der Waals surface area contributed by atoms with Crippen LogP contribution in [-0.4, -0.2) is 19.7 Å². The van der Waals surface area contributed by atoms with Gasteiger partial charge in [-0.05, 0) is 26.3 Å². The number of aryl methyl sites for hydroxylation is 2. The first kappa shape index (κ1) is 12.5. The van der Waals surface area contributed by atoms with Crippen molar-refractivity contribution in [3.8, 4) is 5.82 Å². The molecule has 0 radical (unpaired) electrons. The summed E-state index contributed by atoms with van der Waals surface area (Å²) >= 11 is 0. The second-order valence-electron chi connectivity index (χ2n) is 4.23. The van der Waals surface area contributed by atoms with Crippen LogP contribution in [0.1, 0.15) is 30.4 Å². The molecule has 18 heavy (non-hydrogen) atoms. The predicted octanol–water partition coefficient (Wildman–Crippen LogP) is 1.52. The normalized spacial score (nSPS) is 10.7. The molecular formula is C12H18N6. The highest BCUT2D eigenvalue weighted by atomic mass is 15.3. The van der Waals surface area contributed by atoms with Gasteiger partial charge in [-0.3, -0.25) is 0 Å². The van der Waals surface area contributed by atoms with Crippen LogP contribution in [0, 0.1) is 13.8 Å². The molecule has 6 nitrogen and oxygen atoms in total. The Morgan fingerprint density at radius 2 is 2.11 bits per heavy atom. The lowest BCUT2D eigenvalue weighted by atomic mass is 10.2. The fraction of sp³-hybridized carbons (Fsp3) is 0.417. The van der Waals surface area contributed by atoms with Gasteiger partial charge in [0.2, 0.25) is 0 Å². The fourth-order valence-electron chi connectivity index (χ4n) is 1.78. The van der Waals surface area contributed by atoms with Crippen LogP contribution < -0.4 is 11.3 Å². The molecular weight excluding hydrogens is 228 g/mol. The van der Waals surface area contributed by atoms with E-state index in [2.05, 4.69) is 27.4 Å². The number of nitrogen functional groups attached to an aromatic ring is 1. The number of rotatable bonds is 4. The van der Waals surface area contributed by atoms with Gasteiger partial charge in [0.05, 0.1) is 5.69 Å². The largest absolute Gasteiger partial charge is 0.308 e. The summed E-state index contributed by atoms with van der Waals surface area (Å²) in [6.07, 6.45) is 3.70. The summed E-state index contributed by atoms with van der Waals surface area (Å²) in [6, 6.07) is 1.94. The number of hydrogen-bond acceptors (Lipinski definition) is 5. The predicted molar refractivity (Wildman–Crippen MR) is 70.4 cm³/mol. The summed E-state index contributed by atoms with van der Waals surface area (Å²) < 4.78 is 1.76. The molecule has 2 aromatic rings. The second kappa shape index (κ2) is 5.14. The Bertz CT molecular complexity index is 545.